The summed E-state index contributed by atoms with van der Waals surface area (Å²) in [6.45, 7) is 2.41. The summed E-state index contributed by atoms with van der Waals surface area (Å²) in [5.41, 5.74) is 0. The molecule has 1 saturated heterocycles. The molecule has 0 bridgehead atoms. The topological polar surface area (TPSA) is 67.9 Å². The number of amides is 3. The number of imide groups is 1. The van der Waals surface area contributed by atoms with Crippen LogP contribution >= 0.6 is 0 Å². The highest BCUT2D eigenvalue weighted by Gasteiger charge is 2.25. The number of methoxy groups -OCH3 is 1. The minimum Gasteiger partial charge on any atom is -0.382 e. The van der Waals surface area contributed by atoms with Gasteiger partial charge in [0.15, 0.2) is 0 Å². The van der Waals surface area contributed by atoms with Gasteiger partial charge < -0.3 is 14.4 Å². The van der Waals surface area contributed by atoms with Gasteiger partial charge in [-0.1, -0.05) is 0 Å². The average molecular weight is 216 g/mol. The van der Waals surface area contributed by atoms with Crippen molar-refractivity contribution in [3.05, 3.63) is 0 Å². The zero-order chi connectivity index (χ0) is 11.1. The molecule has 0 unspecified atom stereocenters. The van der Waals surface area contributed by atoms with Gasteiger partial charge in [0.2, 0.25) is 5.91 Å². The van der Waals surface area contributed by atoms with Crippen molar-refractivity contribution in [2.24, 2.45) is 0 Å². The molecule has 6 heteroatoms. The minimum absolute atomic E-state index is 0.164. The lowest BCUT2D eigenvalue weighted by atomic mass is 10.4. The standard InChI is InChI=1S/C9H16N2O4/c1-14-5-6-15-4-2-3-11-7-8(12)10-9(11)13/h2-7H2,1H3,(H,10,12,13). The molecule has 0 aliphatic carbocycles. The van der Waals surface area contributed by atoms with Crippen LogP contribution in [-0.2, 0) is 14.3 Å². The third-order valence-electron chi connectivity index (χ3n) is 2.02. The zero-order valence-electron chi connectivity index (χ0n) is 8.82. The molecule has 0 aromatic carbocycles. The third kappa shape index (κ3) is 4.26. The first kappa shape index (κ1) is 11.9. The van der Waals surface area contributed by atoms with Crippen LogP contribution in [0.4, 0.5) is 4.79 Å². The Balaban J connectivity index is 2.00. The van der Waals surface area contributed by atoms with Crippen molar-refractivity contribution in [2.75, 3.05) is 40.0 Å². The second kappa shape index (κ2) is 6.36. The van der Waals surface area contributed by atoms with Crippen molar-refractivity contribution in [3.8, 4) is 0 Å². The summed E-state index contributed by atoms with van der Waals surface area (Å²) in [5.74, 6) is -0.236. The van der Waals surface area contributed by atoms with Crippen LogP contribution in [0.15, 0.2) is 0 Å². The van der Waals surface area contributed by atoms with Crippen LogP contribution < -0.4 is 5.32 Å². The molecule has 1 aliphatic heterocycles. The number of rotatable bonds is 7. The average Bonchev–Trinajstić information content (AvgIpc) is 2.51. The van der Waals surface area contributed by atoms with E-state index in [0.29, 0.717) is 26.4 Å². The summed E-state index contributed by atoms with van der Waals surface area (Å²) in [6.07, 6.45) is 0.727. The Kier molecular flexibility index (Phi) is 5.06. The highest BCUT2D eigenvalue weighted by molar-refractivity contribution is 6.01. The molecule has 0 aromatic rings. The van der Waals surface area contributed by atoms with Crippen LogP contribution in [0.1, 0.15) is 6.42 Å². The predicted octanol–water partition coefficient (Wildman–Crippen LogP) is -0.409. The molecule has 0 atom stereocenters. The van der Waals surface area contributed by atoms with Crippen molar-refractivity contribution >= 4 is 11.9 Å². The van der Waals surface area contributed by atoms with Gasteiger partial charge in [0.1, 0.15) is 6.54 Å². The van der Waals surface area contributed by atoms with Gasteiger partial charge in [0.05, 0.1) is 13.2 Å². The second-order valence-electron chi connectivity index (χ2n) is 3.23. The molecule has 3 amide bonds. The summed E-state index contributed by atoms with van der Waals surface area (Å²) in [4.78, 5) is 23.4. The maximum Gasteiger partial charge on any atom is 0.324 e. The molecule has 0 spiro atoms. The van der Waals surface area contributed by atoms with E-state index in [-0.39, 0.29) is 18.5 Å². The van der Waals surface area contributed by atoms with Crippen molar-refractivity contribution in [1.29, 1.82) is 0 Å². The van der Waals surface area contributed by atoms with E-state index in [9.17, 15) is 9.59 Å². The van der Waals surface area contributed by atoms with Gasteiger partial charge >= 0.3 is 6.03 Å². The summed E-state index contributed by atoms with van der Waals surface area (Å²) in [5, 5.41) is 2.22. The Morgan fingerprint density at radius 3 is 2.73 bits per heavy atom. The third-order valence-corrected chi connectivity index (χ3v) is 2.02. The Hall–Kier alpha value is -1.14. The summed E-state index contributed by atoms with van der Waals surface area (Å²) in [6, 6.07) is -0.308. The van der Waals surface area contributed by atoms with Gasteiger partial charge in [0, 0.05) is 20.3 Å². The number of hydrogen-bond donors (Lipinski definition) is 1. The van der Waals surface area contributed by atoms with Crippen LogP contribution in [-0.4, -0.2) is 56.9 Å². The van der Waals surface area contributed by atoms with Crippen LogP contribution in [0.3, 0.4) is 0 Å². The number of carbonyl (C=O) groups excluding carboxylic acids is 2. The second-order valence-corrected chi connectivity index (χ2v) is 3.23. The SMILES string of the molecule is COCCOCCCN1CC(=O)NC1=O. The van der Waals surface area contributed by atoms with Crippen molar-refractivity contribution in [3.63, 3.8) is 0 Å². The normalized spacial score (nSPS) is 15.9. The van der Waals surface area contributed by atoms with E-state index in [1.54, 1.807) is 7.11 Å². The molecule has 1 N–H and O–H groups in total. The molecule has 0 aromatic heterocycles. The fourth-order valence-corrected chi connectivity index (χ4v) is 1.27. The Labute approximate surface area is 88.5 Å². The van der Waals surface area contributed by atoms with Crippen LogP contribution in [0.25, 0.3) is 0 Å². The molecule has 1 aliphatic rings. The van der Waals surface area contributed by atoms with E-state index in [0.717, 1.165) is 6.42 Å². The highest BCUT2D eigenvalue weighted by Crippen LogP contribution is 1.99. The fraction of sp³-hybridized carbons (Fsp3) is 0.778. The summed E-state index contributed by atoms with van der Waals surface area (Å²) in [7, 11) is 1.61. The number of carbonyl (C=O) groups is 2. The van der Waals surface area contributed by atoms with Gasteiger partial charge in [-0.15, -0.1) is 0 Å². The van der Waals surface area contributed by atoms with E-state index in [4.69, 9.17) is 9.47 Å². The smallest absolute Gasteiger partial charge is 0.324 e. The first-order valence-corrected chi connectivity index (χ1v) is 4.89. The molecule has 0 saturated carbocycles. The van der Waals surface area contributed by atoms with Crippen LogP contribution in [0.5, 0.6) is 0 Å². The molecular weight excluding hydrogens is 200 g/mol. The summed E-state index contributed by atoms with van der Waals surface area (Å²) < 4.78 is 10.0. The number of nitrogens with zero attached hydrogens (tertiary/aromatic N) is 1. The van der Waals surface area contributed by atoms with E-state index < -0.39 is 0 Å². The van der Waals surface area contributed by atoms with Crippen molar-refractivity contribution in [2.45, 2.75) is 6.42 Å². The van der Waals surface area contributed by atoms with Crippen molar-refractivity contribution < 1.29 is 19.1 Å². The van der Waals surface area contributed by atoms with Gasteiger partial charge in [0.25, 0.3) is 0 Å². The quantitative estimate of drug-likeness (QED) is 0.464. The first-order valence-electron chi connectivity index (χ1n) is 4.89. The van der Waals surface area contributed by atoms with E-state index in [1.807, 2.05) is 0 Å². The Bertz CT molecular complexity index is 232. The molecule has 86 valence electrons. The molecule has 1 fully saturated rings. The maximum absolute atomic E-state index is 11.1. The number of hydrogen-bond acceptors (Lipinski definition) is 4. The monoisotopic (exact) mass is 216 g/mol. The molecule has 1 heterocycles. The van der Waals surface area contributed by atoms with Crippen LogP contribution in [0.2, 0.25) is 0 Å². The van der Waals surface area contributed by atoms with E-state index >= 15 is 0 Å². The van der Waals surface area contributed by atoms with Crippen molar-refractivity contribution in [1.82, 2.24) is 10.2 Å². The van der Waals surface area contributed by atoms with Gasteiger partial charge in [-0.3, -0.25) is 10.1 Å². The van der Waals surface area contributed by atoms with E-state index in [1.165, 1.54) is 4.90 Å². The molecule has 1 rings (SSSR count). The fourth-order valence-electron chi connectivity index (χ4n) is 1.27. The van der Waals surface area contributed by atoms with Gasteiger partial charge in [-0.2, -0.15) is 0 Å². The predicted molar refractivity (Wildman–Crippen MR) is 52.4 cm³/mol. The lowest BCUT2D eigenvalue weighted by Gasteiger charge is -2.12. The Morgan fingerprint density at radius 2 is 2.13 bits per heavy atom. The highest BCUT2D eigenvalue weighted by atomic mass is 16.5. The maximum atomic E-state index is 11.1. The zero-order valence-corrected chi connectivity index (χ0v) is 8.82. The molecule has 0 radical (unpaired) electrons. The molecular formula is C9H16N2O4. The Morgan fingerprint density at radius 1 is 1.33 bits per heavy atom. The first-order chi connectivity index (χ1) is 7.24. The number of ether oxygens (including phenoxy) is 2. The number of nitrogens with one attached hydrogen (secondary N) is 1. The van der Waals surface area contributed by atoms with Gasteiger partial charge in [-0.05, 0) is 6.42 Å². The summed E-state index contributed by atoms with van der Waals surface area (Å²) >= 11 is 0. The lowest BCUT2D eigenvalue weighted by Crippen LogP contribution is -2.29. The van der Waals surface area contributed by atoms with Gasteiger partial charge in [-0.25, -0.2) is 4.79 Å². The minimum atomic E-state index is -0.308. The number of urea groups is 1. The van der Waals surface area contributed by atoms with E-state index in [2.05, 4.69) is 5.32 Å². The lowest BCUT2D eigenvalue weighted by molar-refractivity contribution is -0.118. The molecule has 6 nitrogen and oxygen atoms in total. The van der Waals surface area contributed by atoms with Crippen LogP contribution in [0, 0.1) is 0 Å². The molecule has 15 heavy (non-hydrogen) atoms. The largest absolute Gasteiger partial charge is 0.382 e.